The normalized spacial score (nSPS) is 9.08. The van der Waals surface area contributed by atoms with Crippen LogP contribution in [-0.4, -0.2) is 33.2 Å². The highest BCUT2D eigenvalue weighted by molar-refractivity contribution is 8.75. The zero-order chi connectivity index (χ0) is 9.56. The van der Waals surface area contributed by atoms with E-state index in [1.165, 1.54) is 0 Å². The molecule has 0 bridgehead atoms. The predicted octanol–water partition coefficient (Wildman–Crippen LogP) is 1.47. The number of carboxylic acid groups (broad SMARTS) is 2. The molecule has 8 heteroatoms. The van der Waals surface area contributed by atoms with Gasteiger partial charge in [-0.25, -0.2) is 13.9 Å². The summed E-state index contributed by atoms with van der Waals surface area (Å²) < 4.78 is 2.96. The van der Waals surface area contributed by atoms with Gasteiger partial charge in [-0.3, -0.25) is 4.72 Å². The van der Waals surface area contributed by atoms with Crippen LogP contribution in [0.15, 0.2) is 0 Å². The van der Waals surface area contributed by atoms with Gasteiger partial charge in [0.25, 0.3) is 0 Å². The first-order valence-corrected chi connectivity index (χ1v) is 5.01. The number of amides is 2. The molecule has 0 aliphatic carbocycles. The molecular weight excluding hydrogens is 204 g/mol. The van der Waals surface area contributed by atoms with Crippen molar-refractivity contribution in [2.75, 3.05) is 6.54 Å². The molecule has 0 aliphatic rings. The third-order valence-electron chi connectivity index (χ3n) is 0.757. The average Bonchev–Trinajstić information content (AvgIpc) is 1.96. The Balaban J connectivity index is 3.59. The van der Waals surface area contributed by atoms with Crippen LogP contribution >= 0.6 is 22.0 Å². The fourth-order valence-corrected chi connectivity index (χ4v) is 1.79. The smallest absolute Gasteiger partial charge is 0.418 e. The summed E-state index contributed by atoms with van der Waals surface area (Å²) in [5.41, 5.74) is 0. The van der Waals surface area contributed by atoms with Crippen LogP contribution in [0.1, 0.15) is 6.92 Å². The maximum Gasteiger partial charge on any atom is 0.418 e. The van der Waals surface area contributed by atoms with Crippen molar-refractivity contribution in [3.05, 3.63) is 0 Å². The van der Waals surface area contributed by atoms with Gasteiger partial charge in [-0.15, -0.1) is 0 Å². The summed E-state index contributed by atoms with van der Waals surface area (Å²) in [4.78, 5) is 20.3. The van der Waals surface area contributed by atoms with Crippen LogP contribution in [0.5, 0.6) is 0 Å². The van der Waals surface area contributed by atoms with Crippen LogP contribution in [0.2, 0.25) is 0 Å². The Morgan fingerprint density at radius 3 is 2.42 bits per heavy atom. The topological polar surface area (TPSA) is 89.9 Å². The molecule has 0 aliphatic heterocycles. The third-order valence-corrected chi connectivity index (χ3v) is 2.70. The standard InChI is InChI=1S/C4H8N2O4S2/c1-2-6(4(9)10)12-11-5-3(7)8/h5H,2H2,1H3,(H,7,8)(H,9,10). The van der Waals surface area contributed by atoms with Crippen LogP contribution < -0.4 is 4.72 Å². The van der Waals surface area contributed by atoms with Gasteiger partial charge in [-0.05, 0) is 6.92 Å². The zero-order valence-corrected chi connectivity index (χ0v) is 7.81. The lowest BCUT2D eigenvalue weighted by Gasteiger charge is -2.12. The molecule has 0 heterocycles. The maximum atomic E-state index is 10.3. The van der Waals surface area contributed by atoms with E-state index in [0.717, 1.165) is 26.3 Å². The third kappa shape index (κ3) is 4.97. The summed E-state index contributed by atoms with van der Waals surface area (Å²) >= 11 is 0. The van der Waals surface area contributed by atoms with E-state index in [1.807, 2.05) is 4.72 Å². The van der Waals surface area contributed by atoms with Gasteiger partial charge in [0.15, 0.2) is 0 Å². The lowest BCUT2D eigenvalue weighted by Crippen LogP contribution is -2.22. The van der Waals surface area contributed by atoms with Crippen LogP contribution in [0.3, 0.4) is 0 Å². The zero-order valence-electron chi connectivity index (χ0n) is 6.18. The summed E-state index contributed by atoms with van der Waals surface area (Å²) in [6.07, 6.45) is -2.30. The number of nitrogens with zero attached hydrogens (tertiary/aromatic N) is 1. The highest BCUT2D eigenvalue weighted by Gasteiger charge is 2.10. The van der Waals surface area contributed by atoms with E-state index < -0.39 is 12.2 Å². The fraction of sp³-hybridized carbons (Fsp3) is 0.500. The van der Waals surface area contributed by atoms with Crippen molar-refractivity contribution < 1.29 is 19.8 Å². The van der Waals surface area contributed by atoms with Gasteiger partial charge in [-0.2, -0.15) is 0 Å². The minimum absolute atomic E-state index is 0.300. The first-order valence-electron chi connectivity index (χ1n) is 2.91. The Morgan fingerprint density at radius 2 is 2.08 bits per heavy atom. The van der Waals surface area contributed by atoms with Crippen LogP contribution in [0, 0.1) is 0 Å². The van der Waals surface area contributed by atoms with E-state index in [0.29, 0.717) is 6.54 Å². The molecule has 0 spiro atoms. The Kier molecular flexibility index (Phi) is 5.47. The highest BCUT2D eigenvalue weighted by Crippen LogP contribution is 2.22. The molecule has 2 amide bonds. The van der Waals surface area contributed by atoms with E-state index in [-0.39, 0.29) is 0 Å². The van der Waals surface area contributed by atoms with E-state index in [1.54, 1.807) is 6.92 Å². The van der Waals surface area contributed by atoms with Crippen LogP contribution in [0.25, 0.3) is 0 Å². The predicted molar refractivity (Wildman–Crippen MR) is 46.7 cm³/mol. The summed E-state index contributed by atoms with van der Waals surface area (Å²) in [5, 5.41) is 16.6. The van der Waals surface area contributed by atoms with Crippen LogP contribution in [0.4, 0.5) is 9.59 Å². The molecule has 0 unspecified atom stereocenters. The summed E-state index contributed by atoms with van der Waals surface area (Å²) in [6, 6.07) is 0. The Hall–Kier alpha value is -0.760. The van der Waals surface area contributed by atoms with Crippen molar-refractivity contribution in [1.82, 2.24) is 9.03 Å². The van der Waals surface area contributed by atoms with E-state index >= 15 is 0 Å². The van der Waals surface area contributed by atoms with E-state index in [9.17, 15) is 9.59 Å². The SMILES string of the molecule is CCN(SSNC(=O)O)C(=O)O. The van der Waals surface area contributed by atoms with Gasteiger partial charge in [0.1, 0.15) is 0 Å². The number of hydrogen-bond acceptors (Lipinski definition) is 4. The molecule has 0 rings (SSSR count). The molecular formula is C4H8N2O4S2. The van der Waals surface area contributed by atoms with Gasteiger partial charge in [0, 0.05) is 28.5 Å². The number of rotatable bonds is 4. The molecule has 0 atom stereocenters. The number of hydrogen-bond donors (Lipinski definition) is 3. The van der Waals surface area contributed by atoms with Gasteiger partial charge >= 0.3 is 12.2 Å². The Bertz CT molecular complexity index is 176. The number of carbonyl (C=O) groups is 2. The van der Waals surface area contributed by atoms with Gasteiger partial charge in [0.05, 0.1) is 0 Å². The van der Waals surface area contributed by atoms with Crippen molar-refractivity contribution in [2.24, 2.45) is 0 Å². The van der Waals surface area contributed by atoms with Crippen LogP contribution in [-0.2, 0) is 0 Å². The quantitative estimate of drug-likeness (QED) is 0.483. The Labute approximate surface area is 77.0 Å². The lowest BCUT2D eigenvalue weighted by atomic mass is 10.8. The second-order valence-electron chi connectivity index (χ2n) is 1.54. The highest BCUT2D eigenvalue weighted by atomic mass is 33.1. The van der Waals surface area contributed by atoms with Crippen molar-refractivity contribution in [1.29, 1.82) is 0 Å². The molecule has 12 heavy (non-hydrogen) atoms. The molecule has 0 saturated carbocycles. The molecule has 0 radical (unpaired) electrons. The van der Waals surface area contributed by atoms with Crippen molar-refractivity contribution >= 4 is 34.1 Å². The summed E-state index contributed by atoms with van der Waals surface area (Å²) in [6.45, 7) is 1.96. The first kappa shape index (κ1) is 11.2. The second kappa shape index (κ2) is 5.84. The molecule has 0 aromatic carbocycles. The Morgan fingerprint density at radius 1 is 1.50 bits per heavy atom. The van der Waals surface area contributed by atoms with E-state index in [2.05, 4.69) is 0 Å². The van der Waals surface area contributed by atoms with Crippen molar-refractivity contribution in [3.63, 3.8) is 0 Å². The first-order chi connectivity index (χ1) is 5.57. The van der Waals surface area contributed by atoms with Gasteiger partial charge < -0.3 is 10.2 Å². The minimum Gasteiger partial charge on any atom is -0.464 e. The lowest BCUT2D eigenvalue weighted by molar-refractivity contribution is 0.177. The molecule has 0 aromatic rings. The molecule has 6 nitrogen and oxygen atoms in total. The summed E-state index contributed by atoms with van der Waals surface area (Å²) in [7, 11) is 1.55. The van der Waals surface area contributed by atoms with Gasteiger partial charge in [0.2, 0.25) is 0 Å². The minimum atomic E-state index is -1.20. The summed E-state index contributed by atoms with van der Waals surface area (Å²) in [5.74, 6) is 0. The second-order valence-corrected chi connectivity index (χ2v) is 3.45. The largest absolute Gasteiger partial charge is 0.464 e. The molecule has 0 saturated heterocycles. The number of nitrogens with one attached hydrogen (secondary N) is 1. The average molecular weight is 212 g/mol. The monoisotopic (exact) mass is 212 g/mol. The van der Waals surface area contributed by atoms with E-state index in [4.69, 9.17) is 10.2 Å². The fourth-order valence-electron chi connectivity index (χ4n) is 0.319. The molecule has 0 fully saturated rings. The molecule has 70 valence electrons. The van der Waals surface area contributed by atoms with Gasteiger partial charge in [-0.1, -0.05) is 0 Å². The molecule has 3 N–H and O–H groups in total. The van der Waals surface area contributed by atoms with Crippen molar-refractivity contribution in [2.45, 2.75) is 6.92 Å². The van der Waals surface area contributed by atoms with Crippen molar-refractivity contribution in [3.8, 4) is 0 Å². The maximum absolute atomic E-state index is 10.3. The molecule has 0 aromatic heterocycles.